The molecule has 1 N–H and O–H groups in total. The van der Waals surface area contributed by atoms with Crippen molar-refractivity contribution in [3.63, 3.8) is 0 Å². The molecule has 0 saturated heterocycles. The highest BCUT2D eigenvalue weighted by atomic mass is 32.1. The Balaban J connectivity index is 1.47. The zero-order chi connectivity index (χ0) is 18.1. The molecule has 0 spiro atoms. The zero-order valence-electron chi connectivity index (χ0n) is 14.7. The largest absolute Gasteiger partial charge is 0.459 e. The highest BCUT2D eigenvalue weighted by molar-refractivity contribution is 7.13. The maximum Gasteiger partial charge on any atom is 0.226 e. The minimum atomic E-state index is -0.522. The Morgan fingerprint density at radius 2 is 2.08 bits per heavy atom. The maximum atomic E-state index is 12.6. The van der Waals surface area contributed by atoms with E-state index in [1.54, 1.807) is 6.92 Å². The molecule has 0 aliphatic heterocycles. The number of carbonyl (C=O) groups is 1. The van der Waals surface area contributed by atoms with Crippen molar-refractivity contribution in [3.8, 4) is 10.8 Å². The summed E-state index contributed by atoms with van der Waals surface area (Å²) in [6.45, 7) is 3.65. The topological polar surface area (TPSA) is 94.1 Å². The molecule has 3 aromatic rings. The average Bonchev–Trinajstić information content (AvgIpc) is 3.35. The maximum absolute atomic E-state index is 12.6. The molecular weight excluding hydrogens is 352 g/mol. The average molecular weight is 372 g/mol. The number of aryl methyl sites for hydroxylation is 2. The minimum absolute atomic E-state index is 0.0816. The normalized spacial score (nSPS) is 16.1. The number of rotatable bonds is 5. The quantitative estimate of drug-likeness (QED) is 0.736. The fourth-order valence-corrected chi connectivity index (χ4v) is 4.18. The predicted molar refractivity (Wildman–Crippen MR) is 95.6 cm³/mol. The van der Waals surface area contributed by atoms with E-state index in [1.165, 1.54) is 11.3 Å². The lowest BCUT2D eigenvalue weighted by atomic mass is 9.96. The van der Waals surface area contributed by atoms with Crippen molar-refractivity contribution in [3.05, 3.63) is 40.7 Å². The van der Waals surface area contributed by atoms with Gasteiger partial charge in [-0.1, -0.05) is 18.0 Å². The smallest absolute Gasteiger partial charge is 0.226 e. The van der Waals surface area contributed by atoms with E-state index in [0.717, 1.165) is 47.9 Å². The van der Waals surface area contributed by atoms with Crippen molar-refractivity contribution < 1.29 is 13.7 Å². The third-order valence-corrected chi connectivity index (χ3v) is 5.54. The molecule has 136 valence electrons. The van der Waals surface area contributed by atoms with Gasteiger partial charge in [-0.25, -0.2) is 4.98 Å². The second kappa shape index (κ2) is 6.68. The van der Waals surface area contributed by atoms with Crippen LogP contribution < -0.4 is 5.32 Å². The van der Waals surface area contributed by atoms with Gasteiger partial charge in [-0.3, -0.25) is 4.79 Å². The van der Waals surface area contributed by atoms with Crippen LogP contribution in [0, 0.1) is 13.8 Å². The first-order chi connectivity index (χ1) is 12.5. The highest BCUT2D eigenvalue weighted by Crippen LogP contribution is 2.37. The molecular formula is C18H20N4O3S. The summed E-state index contributed by atoms with van der Waals surface area (Å²) in [5, 5.41) is 9.87. The monoisotopic (exact) mass is 372 g/mol. The van der Waals surface area contributed by atoms with Crippen LogP contribution in [0.15, 0.2) is 26.5 Å². The van der Waals surface area contributed by atoms with Crippen molar-refractivity contribution in [1.29, 1.82) is 0 Å². The lowest BCUT2D eigenvalue weighted by Crippen LogP contribution is -2.45. The number of nitrogens with zero attached hydrogens (tertiary/aromatic N) is 3. The van der Waals surface area contributed by atoms with Gasteiger partial charge in [0.1, 0.15) is 11.3 Å². The third kappa shape index (κ3) is 3.29. The second-order valence-electron chi connectivity index (χ2n) is 6.71. The van der Waals surface area contributed by atoms with E-state index < -0.39 is 5.54 Å². The van der Waals surface area contributed by atoms with Gasteiger partial charge in [-0.2, -0.15) is 4.98 Å². The summed E-state index contributed by atoms with van der Waals surface area (Å²) in [5.74, 6) is 2.58. The van der Waals surface area contributed by atoms with Gasteiger partial charge in [0.15, 0.2) is 16.6 Å². The molecule has 0 aromatic carbocycles. The Morgan fingerprint density at radius 3 is 2.73 bits per heavy atom. The lowest BCUT2D eigenvalue weighted by molar-refractivity contribution is -0.122. The van der Waals surface area contributed by atoms with Crippen LogP contribution in [0.4, 0.5) is 0 Å². The van der Waals surface area contributed by atoms with Crippen LogP contribution in [-0.4, -0.2) is 21.0 Å². The summed E-state index contributed by atoms with van der Waals surface area (Å²) in [4.78, 5) is 21.5. The number of furan rings is 1. The summed E-state index contributed by atoms with van der Waals surface area (Å²) in [6.07, 6.45) is 3.94. The molecule has 1 amide bonds. The Kier molecular flexibility index (Phi) is 4.36. The lowest BCUT2D eigenvalue weighted by Gasteiger charge is -2.26. The van der Waals surface area contributed by atoms with E-state index in [-0.39, 0.29) is 12.3 Å². The molecule has 0 radical (unpaired) electrons. The van der Waals surface area contributed by atoms with E-state index in [9.17, 15) is 4.79 Å². The summed E-state index contributed by atoms with van der Waals surface area (Å²) >= 11 is 1.47. The number of nitrogens with one attached hydrogen (secondary N) is 1. The minimum Gasteiger partial charge on any atom is -0.459 e. The summed E-state index contributed by atoms with van der Waals surface area (Å²) in [7, 11) is 0. The molecule has 1 saturated carbocycles. The van der Waals surface area contributed by atoms with Crippen LogP contribution in [0.2, 0.25) is 0 Å². The first-order valence-corrected chi connectivity index (χ1v) is 9.55. The highest BCUT2D eigenvalue weighted by Gasteiger charge is 2.41. The van der Waals surface area contributed by atoms with Gasteiger partial charge >= 0.3 is 0 Å². The number of aromatic nitrogens is 3. The fourth-order valence-electron chi connectivity index (χ4n) is 3.40. The second-order valence-corrected chi connectivity index (χ2v) is 7.56. The molecule has 4 rings (SSSR count). The van der Waals surface area contributed by atoms with E-state index in [2.05, 4.69) is 20.4 Å². The standard InChI is InChI=1S/C18H20N4O3S/c1-11-5-6-14(24-11)16-20-13(10-26-16)9-15(23)21-18(7-3-4-8-18)17-19-12(2)25-22-17/h5-6,10H,3-4,7-9H2,1-2H3,(H,21,23). The molecule has 3 aromatic heterocycles. The fraction of sp³-hybridized carbons (Fsp3) is 0.444. The van der Waals surface area contributed by atoms with Crippen LogP contribution in [0.3, 0.4) is 0 Å². The summed E-state index contributed by atoms with van der Waals surface area (Å²) < 4.78 is 10.7. The van der Waals surface area contributed by atoms with Crippen LogP contribution >= 0.6 is 11.3 Å². The summed E-state index contributed by atoms with van der Waals surface area (Å²) in [5.41, 5.74) is 0.209. The third-order valence-electron chi connectivity index (χ3n) is 4.64. The molecule has 1 fully saturated rings. The number of amides is 1. The number of thiazole rings is 1. The van der Waals surface area contributed by atoms with E-state index >= 15 is 0 Å². The molecule has 1 aliphatic rings. The number of hydrogen-bond donors (Lipinski definition) is 1. The SMILES string of the molecule is Cc1ccc(-c2nc(CC(=O)NC3(c4noc(C)n4)CCCC3)cs2)o1. The van der Waals surface area contributed by atoms with E-state index in [1.807, 2.05) is 24.4 Å². The van der Waals surface area contributed by atoms with Gasteiger partial charge in [0.25, 0.3) is 0 Å². The first kappa shape index (κ1) is 17.0. The Morgan fingerprint density at radius 1 is 1.27 bits per heavy atom. The Bertz CT molecular complexity index is 920. The van der Waals surface area contributed by atoms with Gasteiger partial charge in [0.05, 0.1) is 12.1 Å². The van der Waals surface area contributed by atoms with Crippen molar-refractivity contribution in [1.82, 2.24) is 20.4 Å². The number of hydrogen-bond acceptors (Lipinski definition) is 7. The van der Waals surface area contributed by atoms with Crippen LogP contribution in [-0.2, 0) is 16.8 Å². The van der Waals surface area contributed by atoms with Crippen molar-refractivity contribution in [2.75, 3.05) is 0 Å². The van der Waals surface area contributed by atoms with Crippen molar-refractivity contribution in [2.24, 2.45) is 0 Å². The van der Waals surface area contributed by atoms with Crippen molar-refractivity contribution >= 4 is 17.2 Å². The first-order valence-electron chi connectivity index (χ1n) is 8.67. The molecule has 3 heterocycles. The molecule has 7 nitrogen and oxygen atoms in total. The Labute approximate surface area is 154 Å². The van der Waals surface area contributed by atoms with Crippen molar-refractivity contribution in [2.45, 2.75) is 51.5 Å². The number of carbonyl (C=O) groups excluding carboxylic acids is 1. The molecule has 26 heavy (non-hydrogen) atoms. The Hall–Kier alpha value is -2.48. The molecule has 8 heteroatoms. The van der Waals surface area contributed by atoms with Gasteiger partial charge in [0.2, 0.25) is 11.8 Å². The van der Waals surface area contributed by atoms with Gasteiger partial charge < -0.3 is 14.3 Å². The molecule has 0 unspecified atom stereocenters. The van der Waals surface area contributed by atoms with Gasteiger partial charge in [-0.15, -0.1) is 11.3 Å². The van der Waals surface area contributed by atoms with Crippen LogP contribution in [0.5, 0.6) is 0 Å². The molecule has 1 aliphatic carbocycles. The van der Waals surface area contributed by atoms with Gasteiger partial charge in [-0.05, 0) is 31.9 Å². The van der Waals surface area contributed by atoms with Crippen LogP contribution in [0.1, 0.15) is 48.9 Å². The van der Waals surface area contributed by atoms with Gasteiger partial charge in [0, 0.05) is 12.3 Å². The summed E-state index contributed by atoms with van der Waals surface area (Å²) in [6, 6.07) is 3.80. The van der Waals surface area contributed by atoms with Crippen LogP contribution in [0.25, 0.3) is 10.8 Å². The van der Waals surface area contributed by atoms with E-state index in [0.29, 0.717) is 11.7 Å². The predicted octanol–water partition coefficient (Wildman–Crippen LogP) is 3.53. The molecule has 0 bridgehead atoms. The molecule has 0 atom stereocenters. The zero-order valence-corrected chi connectivity index (χ0v) is 15.6. The van der Waals surface area contributed by atoms with E-state index in [4.69, 9.17) is 8.94 Å².